The molecule has 6 nitrogen and oxygen atoms in total. The molecule has 2 unspecified atom stereocenters. The predicted molar refractivity (Wildman–Crippen MR) is 141 cm³/mol. The number of halogens is 6. The largest absolute Gasteiger partial charge is 0.453 e. The van der Waals surface area contributed by atoms with E-state index in [1.54, 1.807) is 36.9 Å². The lowest BCUT2D eigenvalue weighted by molar-refractivity contribution is -0.143. The van der Waals surface area contributed by atoms with Crippen molar-refractivity contribution in [1.82, 2.24) is 4.90 Å². The molecule has 224 valence electrons. The van der Waals surface area contributed by atoms with Crippen LogP contribution in [0.1, 0.15) is 61.4 Å². The molecule has 0 bridgehead atoms. The van der Waals surface area contributed by atoms with E-state index in [0.29, 0.717) is 23.4 Å². The smallest absolute Gasteiger partial charge is 0.416 e. The molecular formula is C28H30F6N2O4S. The van der Waals surface area contributed by atoms with Crippen molar-refractivity contribution in [2.75, 3.05) is 18.3 Å². The first-order valence-electron chi connectivity index (χ1n) is 12.9. The molecule has 2 aliphatic rings. The van der Waals surface area contributed by atoms with Gasteiger partial charge in [-0.15, -0.1) is 11.8 Å². The Labute approximate surface area is 238 Å². The van der Waals surface area contributed by atoms with Crippen molar-refractivity contribution in [1.29, 1.82) is 0 Å². The monoisotopic (exact) mass is 604 g/mol. The summed E-state index contributed by atoms with van der Waals surface area (Å²) in [6, 6.07) is 5.36. The van der Waals surface area contributed by atoms with Crippen molar-refractivity contribution in [2.24, 2.45) is 5.92 Å². The average Bonchev–Trinajstić information content (AvgIpc) is 3.74. The number of methoxy groups -OCH3 is 1. The summed E-state index contributed by atoms with van der Waals surface area (Å²) in [6.07, 6.45) is -8.29. The molecular weight excluding hydrogens is 574 g/mol. The molecule has 2 aromatic carbocycles. The molecule has 41 heavy (non-hydrogen) atoms. The molecule has 1 aliphatic heterocycles. The minimum Gasteiger partial charge on any atom is -0.453 e. The third kappa shape index (κ3) is 6.87. The Bertz CT molecular complexity index is 1260. The highest BCUT2D eigenvalue weighted by Gasteiger charge is 2.47. The molecule has 1 heterocycles. The zero-order valence-corrected chi connectivity index (χ0v) is 23.6. The maximum atomic E-state index is 13.6. The number of hydrogen-bond acceptors (Lipinski definition) is 5. The lowest BCUT2D eigenvalue weighted by Gasteiger charge is -2.44. The van der Waals surface area contributed by atoms with Gasteiger partial charge in [-0.3, -0.25) is 9.80 Å². The molecule has 13 heteroatoms. The van der Waals surface area contributed by atoms with Crippen LogP contribution in [-0.2, 0) is 28.4 Å². The van der Waals surface area contributed by atoms with Crippen LogP contribution in [-0.4, -0.2) is 42.6 Å². The second kappa shape index (κ2) is 11.7. The summed E-state index contributed by atoms with van der Waals surface area (Å²) < 4.78 is 91.9. The number of fused-ring (bicyclic) bond motifs is 1. The highest BCUT2D eigenvalue weighted by atomic mass is 32.2. The van der Waals surface area contributed by atoms with Gasteiger partial charge < -0.3 is 9.47 Å². The fourth-order valence-electron chi connectivity index (χ4n) is 5.18. The van der Waals surface area contributed by atoms with Gasteiger partial charge in [-0.05, 0) is 92.8 Å². The van der Waals surface area contributed by atoms with Crippen molar-refractivity contribution < 1.29 is 45.4 Å². The highest BCUT2D eigenvalue weighted by molar-refractivity contribution is 7.98. The van der Waals surface area contributed by atoms with Crippen LogP contribution in [0.15, 0.2) is 41.3 Å². The van der Waals surface area contributed by atoms with E-state index in [1.165, 1.54) is 11.8 Å². The Morgan fingerprint density at radius 3 is 2.12 bits per heavy atom. The Hall–Kier alpha value is -3.09. The lowest BCUT2D eigenvalue weighted by Crippen LogP contribution is -2.50. The maximum Gasteiger partial charge on any atom is 0.416 e. The second-order valence-electron chi connectivity index (χ2n) is 10.4. The van der Waals surface area contributed by atoms with Gasteiger partial charge in [0.1, 0.15) is 0 Å². The van der Waals surface area contributed by atoms with Crippen molar-refractivity contribution in [3.05, 3.63) is 58.7 Å². The van der Waals surface area contributed by atoms with Gasteiger partial charge in [0.15, 0.2) is 0 Å². The van der Waals surface area contributed by atoms with E-state index in [-0.39, 0.29) is 24.0 Å². The van der Waals surface area contributed by atoms with Gasteiger partial charge in [-0.2, -0.15) is 26.3 Å². The number of nitrogens with zero attached hydrogens (tertiary/aromatic N) is 2. The van der Waals surface area contributed by atoms with E-state index < -0.39 is 60.4 Å². The molecule has 0 N–H and O–H groups in total. The quantitative estimate of drug-likeness (QED) is 0.245. The number of rotatable bonds is 6. The SMILES string of the molecule is COC(=O)N(Cc1cc(C(F)(F)F)cc(C(F)(F)F)c1)C1CC(C2CC2)N(C(=O)OC(C)C)c2ccc(SC)cc21. The standard InChI is InChI=1S/C28H30F6N2O4S/c1-15(2)40-26(38)36-22-8-7-20(41-4)12-21(22)24(13-23(36)17-5-6-17)35(25(37)39-3)14-16-9-18(27(29,30)31)11-19(10-16)28(32,33)34/h7-12,15,17,23-24H,5-6,13-14H2,1-4H3. The maximum absolute atomic E-state index is 13.6. The number of thioether (sulfide) groups is 1. The number of anilines is 1. The van der Waals surface area contributed by atoms with Crippen molar-refractivity contribution >= 4 is 29.6 Å². The van der Waals surface area contributed by atoms with Gasteiger partial charge >= 0.3 is 24.5 Å². The minimum atomic E-state index is -5.04. The van der Waals surface area contributed by atoms with Crippen LogP contribution in [0, 0.1) is 5.92 Å². The zero-order valence-electron chi connectivity index (χ0n) is 22.8. The Balaban J connectivity index is 1.84. The van der Waals surface area contributed by atoms with Crippen LogP contribution in [0.25, 0.3) is 0 Å². The van der Waals surface area contributed by atoms with Crippen molar-refractivity contribution in [3.63, 3.8) is 0 Å². The van der Waals surface area contributed by atoms with E-state index in [4.69, 9.17) is 9.47 Å². The molecule has 1 aliphatic carbocycles. The van der Waals surface area contributed by atoms with E-state index in [1.807, 2.05) is 6.26 Å². The van der Waals surface area contributed by atoms with Crippen LogP contribution >= 0.6 is 11.8 Å². The number of amides is 2. The molecule has 0 radical (unpaired) electrons. The van der Waals surface area contributed by atoms with Crippen LogP contribution in [0.5, 0.6) is 0 Å². The van der Waals surface area contributed by atoms with Gasteiger partial charge in [0.25, 0.3) is 0 Å². The third-order valence-electron chi connectivity index (χ3n) is 7.13. The molecule has 1 saturated carbocycles. The van der Waals surface area contributed by atoms with E-state index in [0.717, 1.165) is 29.7 Å². The first-order chi connectivity index (χ1) is 19.1. The van der Waals surface area contributed by atoms with Gasteiger partial charge in [0.05, 0.1) is 36.1 Å². The number of alkyl halides is 6. The highest BCUT2D eigenvalue weighted by Crippen LogP contribution is 2.49. The summed E-state index contributed by atoms with van der Waals surface area (Å²) in [4.78, 5) is 29.9. The normalized spacial score (nSPS) is 19.1. The summed E-state index contributed by atoms with van der Waals surface area (Å²) in [6.45, 7) is 2.86. The molecule has 0 saturated heterocycles. The summed E-state index contributed by atoms with van der Waals surface area (Å²) in [5, 5.41) is 0. The van der Waals surface area contributed by atoms with Gasteiger partial charge in [0.2, 0.25) is 0 Å². The number of carbonyl (C=O) groups is 2. The van der Waals surface area contributed by atoms with Crippen LogP contribution in [0.4, 0.5) is 41.6 Å². The van der Waals surface area contributed by atoms with Crippen LogP contribution in [0.3, 0.4) is 0 Å². The first-order valence-corrected chi connectivity index (χ1v) is 14.2. The number of carbonyl (C=O) groups excluding carboxylic acids is 2. The van der Waals surface area contributed by atoms with Gasteiger partial charge in [-0.1, -0.05) is 0 Å². The van der Waals surface area contributed by atoms with Gasteiger partial charge in [-0.25, -0.2) is 9.59 Å². The summed E-state index contributed by atoms with van der Waals surface area (Å²) in [7, 11) is 1.09. The van der Waals surface area contributed by atoms with E-state index >= 15 is 0 Å². The Morgan fingerprint density at radius 1 is 1.02 bits per heavy atom. The summed E-state index contributed by atoms with van der Waals surface area (Å²) >= 11 is 1.40. The summed E-state index contributed by atoms with van der Waals surface area (Å²) in [5.74, 6) is 0.0930. The van der Waals surface area contributed by atoms with Crippen LogP contribution in [0.2, 0.25) is 0 Å². The molecule has 2 aromatic rings. The molecule has 2 amide bonds. The second-order valence-corrected chi connectivity index (χ2v) is 11.3. The Kier molecular flexibility index (Phi) is 8.77. The molecule has 4 rings (SSSR count). The molecule has 2 atom stereocenters. The van der Waals surface area contributed by atoms with Crippen molar-refractivity contribution in [3.8, 4) is 0 Å². The van der Waals surface area contributed by atoms with E-state index in [9.17, 15) is 35.9 Å². The lowest BCUT2D eigenvalue weighted by atomic mass is 9.87. The third-order valence-corrected chi connectivity index (χ3v) is 7.86. The average molecular weight is 605 g/mol. The molecule has 0 spiro atoms. The first kappa shape index (κ1) is 30.9. The molecule has 1 fully saturated rings. The predicted octanol–water partition coefficient (Wildman–Crippen LogP) is 8.29. The fraction of sp³-hybridized carbons (Fsp3) is 0.500. The fourth-order valence-corrected chi connectivity index (χ4v) is 5.63. The molecule has 0 aromatic heterocycles. The number of hydrogen-bond donors (Lipinski definition) is 0. The minimum absolute atomic E-state index is 0.0496. The zero-order chi connectivity index (χ0) is 30.3. The number of ether oxygens (including phenoxy) is 2. The van der Waals surface area contributed by atoms with Crippen LogP contribution < -0.4 is 4.90 Å². The van der Waals surface area contributed by atoms with Gasteiger partial charge in [0, 0.05) is 17.5 Å². The summed E-state index contributed by atoms with van der Waals surface area (Å²) in [5.41, 5.74) is -2.32. The number of benzene rings is 2. The topological polar surface area (TPSA) is 59.1 Å². The Morgan fingerprint density at radius 2 is 1.63 bits per heavy atom. The van der Waals surface area contributed by atoms with E-state index in [2.05, 4.69) is 0 Å². The van der Waals surface area contributed by atoms with Crippen molar-refractivity contribution in [2.45, 2.75) is 75.1 Å².